The summed E-state index contributed by atoms with van der Waals surface area (Å²) in [5.74, 6) is -0.262. The van der Waals surface area contributed by atoms with Crippen LogP contribution in [0.25, 0.3) is 0 Å². The van der Waals surface area contributed by atoms with E-state index in [2.05, 4.69) is 0 Å². The van der Waals surface area contributed by atoms with Gasteiger partial charge in [-0.3, -0.25) is 14.9 Å². The minimum absolute atomic E-state index is 0.0189. The first-order chi connectivity index (χ1) is 6.66. The quantitative estimate of drug-likeness (QED) is 0.406. The molecule has 0 spiro atoms. The topological polar surface area (TPSA) is 69.4 Å². The molecule has 0 N–H and O–H groups in total. The zero-order valence-electron chi connectivity index (χ0n) is 7.17. The van der Waals surface area contributed by atoms with Crippen LogP contribution < -0.4 is 0 Å². The zero-order valence-corrected chi connectivity index (χ0v) is 7.17. The normalized spacial score (nSPS) is 19.7. The molecular weight excluding hydrogens is 186 g/mol. The maximum atomic E-state index is 10.5. The predicted molar refractivity (Wildman–Crippen MR) is 46.5 cm³/mol. The Balaban J connectivity index is 2.22. The van der Waals surface area contributed by atoms with E-state index in [1.54, 1.807) is 12.1 Å². The molecule has 1 aromatic rings. The highest BCUT2D eigenvalue weighted by Crippen LogP contribution is 2.31. The van der Waals surface area contributed by atoms with E-state index in [1.807, 2.05) is 0 Å². The summed E-state index contributed by atoms with van der Waals surface area (Å²) in [7, 11) is 0. The molecule has 1 aliphatic rings. The Morgan fingerprint density at radius 1 is 1.50 bits per heavy atom. The van der Waals surface area contributed by atoms with Crippen molar-refractivity contribution in [2.24, 2.45) is 0 Å². The maximum absolute atomic E-state index is 10.5. The second-order valence-corrected chi connectivity index (χ2v) is 3.03. The van der Waals surface area contributed by atoms with Crippen LogP contribution >= 0.6 is 0 Å². The van der Waals surface area contributed by atoms with Crippen molar-refractivity contribution in [3.8, 4) is 0 Å². The van der Waals surface area contributed by atoms with E-state index in [-0.39, 0.29) is 17.8 Å². The summed E-state index contributed by atoms with van der Waals surface area (Å²) in [4.78, 5) is 20.5. The van der Waals surface area contributed by atoms with Crippen molar-refractivity contribution >= 4 is 11.7 Å². The molecule has 5 heteroatoms. The van der Waals surface area contributed by atoms with Gasteiger partial charge in [0.2, 0.25) is 0 Å². The monoisotopic (exact) mass is 193 g/mol. The number of rotatable bonds is 2. The Labute approximate surface area is 79.4 Å². The van der Waals surface area contributed by atoms with E-state index in [1.165, 1.54) is 12.1 Å². The van der Waals surface area contributed by atoms with Crippen molar-refractivity contribution in [1.29, 1.82) is 0 Å². The van der Waals surface area contributed by atoms with Gasteiger partial charge in [-0.2, -0.15) is 0 Å². The fraction of sp³-hybridized carbons (Fsp3) is 0.222. The van der Waals surface area contributed by atoms with Crippen molar-refractivity contribution in [1.82, 2.24) is 0 Å². The molecule has 0 radical (unpaired) electrons. The molecule has 72 valence electrons. The number of hydrogen-bond donors (Lipinski definition) is 0. The summed E-state index contributed by atoms with van der Waals surface area (Å²) in [6.07, 6.45) is 0.00338. The van der Waals surface area contributed by atoms with Crippen LogP contribution in [-0.4, -0.2) is 10.9 Å². The fourth-order valence-corrected chi connectivity index (χ4v) is 1.32. The highest BCUT2D eigenvalue weighted by atomic mass is 16.6. The van der Waals surface area contributed by atoms with Crippen LogP contribution in [0.1, 0.15) is 18.1 Å². The number of nitro groups is 1. The molecule has 2 rings (SSSR count). The SMILES string of the molecule is O=C1C[C@H](c2cccc([N+](=O)[O-])c2)O1. The predicted octanol–water partition coefficient (Wildman–Crippen LogP) is 1.58. The van der Waals surface area contributed by atoms with E-state index >= 15 is 0 Å². The van der Waals surface area contributed by atoms with Crippen molar-refractivity contribution in [3.63, 3.8) is 0 Å². The first-order valence-electron chi connectivity index (χ1n) is 4.10. The van der Waals surface area contributed by atoms with E-state index in [9.17, 15) is 14.9 Å². The van der Waals surface area contributed by atoms with Gasteiger partial charge in [-0.05, 0) is 5.56 Å². The number of esters is 1. The lowest BCUT2D eigenvalue weighted by Crippen LogP contribution is -2.25. The molecule has 1 aromatic carbocycles. The smallest absolute Gasteiger partial charge is 0.310 e. The number of carbonyl (C=O) groups is 1. The number of hydrogen-bond acceptors (Lipinski definition) is 4. The third-order valence-electron chi connectivity index (χ3n) is 2.08. The molecule has 1 heterocycles. The van der Waals surface area contributed by atoms with Crippen LogP contribution in [0.4, 0.5) is 5.69 Å². The second kappa shape index (κ2) is 3.10. The van der Waals surface area contributed by atoms with Crippen molar-refractivity contribution in [2.75, 3.05) is 0 Å². The molecule has 1 atom stereocenters. The van der Waals surface area contributed by atoms with Gasteiger partial charge in [-0.15, -0.1) is 0 Å². The van der Waals surface area contributed by atoms with Crippen LogP contribution in [-0.2, 0) is 9.53 Å². The summed E-state index contributed by atoms with van der Waals surface area (Å²) in [6, 6.07) is 6.13. The van der Waals surface area contributed by atoms with Gasteiger partial charge in [-0.1, -0.05) is 12.1 Å². The lowest BCUT2D eigenvalue weighted by molar-refractivity contribution is -0.385. The summed E-state index contributed by atoms with van der Waals surface area (Å²) in [6.45, 7) is 0. The Morgan fingerprint density at radius 3 is 2.79 bits per heavy atom. The summed E-state index contributed by atoms with van der Waals surface area (Å²) in [5.41, 5.74) is 0.698. The van der Waals surface area contributed by atoms with Crippen LogP contribution in [0.2, 0.25) is 0 Å². The molecule has 0 aliphatic carbocycles. The number of carbonyl (C=O) groups excluding carboxylic acids is 1. The Kier molecular flexibility index (Phi) is 1.92. The zero-order chi connectivity index (χ0) is 10.1. The third-order valence-corrected chi connectivity index (χ3v) is 2.08. The number of nitro benzene ring substituents is 1. The highest BCUT2D eigenvalue weighted by Gasteiger charge is 2.30. The molecule has 1 aliphatic heterocycles. The Morgan fingerprint density at radius 2 is 2.21 bits per heavy atom. The fourth-order valence-electron chi connectivity index (χ4n) is 1.32. The molecule has 0 aromatic heterocycles. The molecule has 1 fully saturated rings. The molecule has 0 amide bonds. The van der Waals surface area contributed by atoms with Crippen LogP contribution in [0.5, 0.6) is 0 Å². The molecule has 0 unspecified atom stereocenters. The van der Waals surface area contributed by atoms with Gasteiger partial charge in [0.25, 0.3) is 5.69 Å². The lowest BCUT2D eigenvalue weighted by atomic mass is 10.0. The number of benzene rings is 1. The minimum Gasteiger partial charge on any atom is -0.457 e. The second-order valence-electron chi connectivity index (χ2n) is 3.03. The van der Waals surface area contributed by atoms with Gasteiger partial charge in [-0.25, -0.2) is 0 Å². The molecular formula is C9H7NO4. The van der Waals surface area contributed by atoms with Crippen LogP contribution in [0.15, 0.2) is 24.3 Å². The average Bonchev–Trinajstić information content (AvgIpc) is 2.13. The third kappa shape index (κ3) is 1.44. The molecule has 0 saturated carbocycles. The first kappa shape index (κ1) is 8.68. The van der Waals surface area contributed by atoms with Gasteiger partial charge < -0.3 is 4.74 Å². The van der Waals surface area contributed by atoms with E-state index in [4.69, 9.17) is 4.74 Å². The molecule has 0 bridgehead atoms. The average molecular weight is 193 g/mol. The Hall–Kier alpha value is -1.91. The summed E-state index contributed by atoms with van der Waals surface area (Å²) in [5, 5.41) is 10.4. The lowest BCUT2D eigenvalue weighted by Gasteiger charge is -2.25. The number of non-ortho nitro benzene ring substituents is 1. The van der Waals surface area contributed by atoms with Crippen LogP contribution in [0, 0.1) is 10.1 Å². The van der Waals surface area contributed by atoms with E-state index in [0.717, 1.165) is 0 Å². The van der Waals surface area contributed by atoms with Gasteiger partial charge in [0.05, 0.1) is 11.3 Å². The Bertz CT molecular complexity index is 394. The largest absolute Gasteiger partial charge is 0.457 e. The number of nitrogens with zero attached hydrogens (tertiary/aromatic N) is 1. The molecule has 5 nitrogen and oxygen atoms in total. The van der Waals surface area contributed by atoms with Gasteiger partial charge in [0.1, 0.15) is 6.10 Å². The van der Waals surface area contributed by atoms with Crippen molar-refractivity contribution < 1.29 is 14.5 Å². The van der Waals surface area contributed by atoms with E-state index < -0.39 is 4.92 Å². The van der Waals surface area contributed by atoms with Gasteiger partial charge >= 0.3 is 5.97 Å². The van der Waals surface area contributed by atoms with Gasteiger partial charge in [0, 0.05) is 12.1 Å². The summed E-state index contributed by atoms with van der Waals surface area (Å²) < 4.78 is 4.80. The number of cyclic esters (lactones) is 1. The highest BCUT2D eigenvalue weighted by molar-refractivity contribution is 5.75. The van der Waals surface area contributed by atoms with E-state index in [0.29, 0.717) is 12.0 Å². The maximum Gasteiger partial charge on any atom is 0.310 e. The van der Waals surface area contributed by atoms with Crippen molar-refractivity contribution in [3.05, 3.63) is 39.9 Å². The van der Waals surface area contributed by atoms with Gasteiger partial charge in [0.15, 0.2) is 0 Å². The van der Waals surface area contributed by atoms with Crippen LogP contribution in [0.3, 0.4) is 0 Å². The first-order valence-corrected chi connectivity index (χ1v) is 4.10. The molecule has 1 saturated heterocycles. The minimum atomic E-state index is -0.468. The number of ether oxygens (including phenoxy) is 1. The summed E-state index contributed by atoms with van der Waals surface area (Å²) >= 11 is 0. The van der Waals surface area contributed by atoms with Crippen molar-refractivity contribution in [2.45, 2.75) is 12.5 Å². The molecule has 14 heavy (non-hydrogen) atoms. The standard InChI is InChI=1S/C9H7NO4/c11-9-5-8(14-9)6-2-1-3-7(4-6)10(12)13/h1-4,8H,5H2/t8-/m1/s1.